The van der Waals surface area contributed by atoms with E-state index in [0.29, 0.717) is 6.42 Å². The molecule has 0 bridgehead atoms. The first-order chi connectivity index (χ1) is 12.1. The highest BCUT2D eigenvalue weighted by molar-refractivity contribution is 5.68. The molecule has 0 spiro atoms. The second-order valence-electron chi connectivity index (χ2n) is 7.02. The Bertz CT molecular complexity index is 328. The second-order valence-corrected chi connectivity index (χ2v) is 7.02. The summed E-state index contributed by atoms with van der Waals surface area (Å²) in [6.07, 6.45) is 17.2. The van der Waals surface area contributed by atoms with E-state index in [1.54, 1.807) is 0 Å². The molecule has 0 saturated carbocycles. The van der Waals surface area contributed by atoms with Gasteiger partial charge in [0.25, 0.3) is 0 Å². The number of hydrogen-bond donors (Lipinski definition) is 0. The van der Waals surface area contributed by atoms with Crippen LogP contribution in [-0.2, 0) is 19.1 Å². The summed E-state index contributed by atoms with van der Waals surface area (Å²) in [5.74, 6) is -0.238. The van der Waals surface area contributed by atoms with Crippen LogP contribution in [0.2, 0.25) is 0 Å². The fraction of sp³-hybridized carbons (Fsp3) is 0.905. The van der Waals surface area contributed by atoms with E-state index in [0.717, 1.165) is 44.9 Å². The van der Waals surface area contributed by atoms with Crippen LogP contribution in [0, 0.1) is 0 Å². The molecular weight excluding hydrogens is 316 g/mol. The Morgan fingerprint density at radius 3 is 1.72 bits per heavy atom. The molecule has 1 atom stereocenters. The van der Waals surface area contributed by atoms with Crippen molar-refractivity contribution in [2.75, 3.05) is 7.11 Å². The molecule has 0 rings (SSSR count). The first kappa shape index (κ1) is 23.9. The SMILES string of the molecule is CCCCC(CCCCCCCCCCCCC(=O)OC)OC(C)=O. The average Bonchev–Trinajstić information content (AvgIpc) is 2.59. The van der Waals surface area contributed by atoms with Gasteiger partial charge >= 0.3 is 11.9 Å². The highest BCUT2D eigenvalue weighted by Gasteiger charge is 2.10. The minimum absolute atomic E-state index is 0.0920. The van der Waals surface area contributed by atoms with E-state index in [9.17, 15) is 9.59 Å². The molecule has 25 heavy (non-hydrogen) atoms. The summed E-state index contributed by atoms with van der Waals surface area (Å²) in [6.45, 7) is 3.68. The van der Waals surface area contributed by atoms with Gasteiger partial charge in [0.2, 0.25) is 0 Å². The van der Waals surface area contributed by atoms with Gasteiger partial charge in [-0.2, -0.15) is 0 Å². The van der Waals surface area contributed by atoms with E-state index in [2.05, 4.69) is 11.7 Å². The van der Waals surface area contributed by atoms with Crippen molar-refractivity contribution in [2.24, 2.45) is 0 Å². The van der Waals surface area contributed by atoms with Crippen LogP contribution in [0.25, 0.3) is 0 Å². The lowest BCUT2D eigenvalue weighted by atomic mass is 10.0. The highest BCUT2D eigenvalue weighted by Crippen LogP contribution is 2.16. The highest BCUT2D eigenvalue weighted by atomic mass is 16.5. The first-order valence-corrected chi connectivity index (χ1v) is 10.3. The lowest BCUT2D eigenvalue weighted by Gasteiger charge is -2.16. The van der Waals surface area contributed by atoms with Gasteiger partial charge in [0, 0.05) is 13.3 Å². The van der Waals surface area contributed by atoms with E-state index < -0.39 is 0 Å². The molecule has 0 heterocycles. The zero-order chi connectivity index (χ0) is 18.8. The minimum atomic E-state index is -0.146. The van der Waals surface area contributed by atoms with Crippen LogP contribution in [0.15, 0.2) is 0 Å². The zero-order valence-corrected chi connectivity index (χ0v) is 16.8. The fourth-order valence-electron chi connectivity index (χ4n) is 3.09. The Labute approximate surface area is 155 Å². The summed E-state index contributed by atoms with van der Waals surface area (Å²) >= 11 is 0. The van der Waals surface area contributed by atoms with Crippen LogP contribution >= 0.6 is 0 Å². The quantitative estimate of drug-likeness (QED) is 0.238. The summed E-state index contributed by atoms with van der Waals surface area (Å²) in [7, 11) is 1.45. The summed E-state index contributed by atoms with van der Waals surface area (Å²) in [5, 5.41) is 0. The number of carbonyl (C=O) groups is 2. The van der Waals surface area contributed by atoms with Crippen LogP contribution < -0.4 is 0 Å². The molecule has 148 valence electrons. The van der Waals surface area contributed by atoms with Crippen molar-refractivity contribution >= 4 is 11.9 Å². The lowest BCUT2D eigenvalue weighted by Crippen LogP contribution is -2.16. The Hall–Kier alpha value is -1.06. The van der Waals surface area contributed by atoms with Crippen LogP contribution in [-0.4, -0.2) is 25.2 Å². The van der Waals surface area contributed by atoms with Crippen molar-refractivity contribution in [3.05, 3.63) is 0 Å². The van der Waals surface area contributed by atoms with E-state index in [-0.39, 0.29) is 18.0 Å². The molecule has 0 aliphatic rings. The minimum Gasteiger partial charge on any atom is -0.469 e. The normalized spacial score (nSPS) is 12.0. The van der Waals surface area contributed by atoms with Gasteiger partial charge in [-0.25, -0.2) is 0 Å². The molecule has 0 aromatic heterocycles. The molecule has 0 aliphatic carbocycles. The monoisotopic (exact) mass is 356 g/mol. The molecular formula is C21H40O4. The fourth-order valence-corrected chi connectivity index (χ4v) is 3.09. The molecule has 0 saturated heterocycles. The molecule has 0 amide bonds. The van der Waals surface area contributed by atoms with Crippen LogP contribution in [0.3, 0.4) is 0 Å². The Morgan fingerprint density at radius 1 is 0.760 bits per heavy atom. The van der Waals surface area contributed by atoms with E-state index in [4.69, 9.17) is 4.74 Å². The Kier molecular flexibility index (Phi) is 17.0. The third-order valence-electron chi connectivity index (χ3n) is 4.60. The smallest absolute Gasteiger partial charge is 0.305 e. The van der Waals surface area contributed by atoms with Crippen molar-refractivity contribution in [3.63, 3.8) is 0 Å². The van der Waals surface area contributed by atoms with Crippen molar-refractivity contribution < 1.29 is 19.1 Å². The second kappa shape index (κ2) is 17.8. The maximum absolute atomic E-state index is 11.1. The number of ether oxygens (including phenoxy) is 2. The van der Waals surface area contributed by atoms with Crippen LogP contribution in [0.5, 0.6) is 0 Å². The van der Waals surface area contributed by atoms with Gasteiger partial charge in [-0.1, -0.05) is 71.1 Å². The number of carbonyl (C=O) groups excluding carboxylic acids is 2. The maximum Gasteiger partial charge on any atom is 0.305 e. The molecule has 1 unspecified atom stereocenters. The predicted molar refractivity (Wildman–Crippen MR) is 102 cm³/mol. The maximum atomic E-state index is 11.1. The van der Waals surface area contributed by atoms with Crippen molar-refractivity contribution in [3.8, 4) is 0 Å². The van der Waals surface area contributed by atoms with E-state index in [1.165, 1.54) is 59.0 Å². The standard InChI is InChI=1S/C21H40O4/c1-4-5-16-20(25-19(2)22)17-14-12-10-8-6-7-9-11-13-15-18-21(23)24-3/h20H,4-18H2,1-3H3. The molecule has 4 nitrogen and oxygen atoms in total. The van der Waals surface area contributed by atoms with Gasteiger partial charge in [0.15, 0.2) is 0 Å². The zero-order valence-electron chi connectivity index (χ0n) is 16.8. The third kappa shape index (κ3) is 17.6. The van der Waals surface area contributed by atoms with E-state index >= 15 is 0 Å². The Balaban J connectivity index is 3.38. The van der Waals surface area contributed by atoms with Gasteiger partial charge < -0.3 is 9.47 Å². The summed E-state index contributed by atoms with van der Waals surface area (Å²) in [6, 6.07) is 0. The molecule has 0 radical (unpaired) electrons. The molecule has 0 aliphatic heterocycles. The number of methoxy groups -OCH3 is 1. The van der Waals surface area contributed by atoms with Gasteiger partial charge in [-0.15, -0.1) is 0 Å². The van der Waals surface area contributed by atoms with Crippen molar-refractivity contribution in [2.45, 2.75) is 116 Å². The van der Waals surface area contributed by atoms with Crippen LogP contribution in [0.4, 0.5) is 0 Å². The molecule has 0 aromatic carbocycles. The number of esters is 2. The van der Waals surface area contributed by atoms with Gasteiger partial charge in [0.1, 0.15) is 6.10 Å². The summed E-state index contributed by atoms with van der Waals surface area (Å²) in [4.78, 5) is 22.1. The first-order valence-electron chi connectivity index (χ1n) is 10.3. The Morgan fingerprint density at radius 2 is 1.24 bits per heavy atom. The number of hydrogen-bond acceptors (Lipinski definition) is 4. The number of unbranched alkanes of at least 4 members (excludes halogenated alkanes) is 10. The van der Waals surface area contributed by atoms with Crippen molar-refractivity contribution in [1.29, 1.82) is 0 Å². The van der Waals surface area contributed by atoms with Crippen molar-refractivity contribution in [1.82, 2.24) is 0 Å². The summed E-state index contributed by atoms with van der Waals surface area (Å²) < 4.78 is 10.0. The largest absolute Gasteiger partial charge is 0.469 e. The summed E-state index contributed by atoms with van der Waals surface area (Å²) in [5.41, 5.74) is 0. The molecule has 4 heteroatoms. The number of rotatable bonds is 17. The van der Waals surface area contributed by atoms with E-state index in [1.807, 2.05) is 0 Å². The topological polar surface area (TPSA) is 52.6 Å². The van der Waals surface area contributed by atoms with Gasteiger partial charge in [0.05, 0.1) is 7.11 Å². The molecule has 0 aromatic rings. The molecule has 0 N–H and O–H groups in total. The third-order valence-corrected chi connectivity index (χ3v) is 4.60. The predicted octanol–water partition coefficient (Wildman–Crippen LogP) is 5.96. The van der Waals surface area contributed by atoms with Gasteiger partial charge in [-0.3, -0.25) is 9.59 Å². The molecule has 0 fully saturated rings. The lowest BCUT2D eigenvalue weighted by molar-refractivity contribution is -0.147. The van der Waals surface area contributed by atoms with Crippen LogP contribution in [0.1, 0.15) is 110 Å². The average molecular weight is 357 g/mol. The van der Waals surface area contributed by atoms with Gasteiger partial charge in [-0.05, 0) is 25.7 Å².